The van der Waals surface area contributed by atoms with Gasteiger partial charge in [0.2, 0.25) is 0 Å². The van der Waals surface area contributed by atoms with Crippen LogP contribution in [0.4, 0.5) is 5.69 Å². The van der Waals surface area contributed by atoms with Crippen LogP contribution in [0.5, 0.6) is 11.5 Å². The summed E-state index contributed by atoms with van der Waals surface area (Å²) in [5.74, 6) is 1.36. The van der Waals surface area contributed by atoms with Crippen LogP contribution >= 0.6 is 24.0 Å². The maximum atomic E-state index is 13.4. The second kappa shape index (κ2) is 10.1. The number of carbonyl (C=O) groups is 1. The van der Waals surface area contributed by atoms with E-state index in [0.29, 0.717) is 28.2 Å². The molecule has 1 aliphatic heterocycles. The molecule has 1 aliphatic rings. The largest absolute Gasteiger partial charge is 0.490 e. The molecule has 0 N–H and O–H groups in total. The van der Waals surface area contributed by atoms with Crippen molar-refractivity contribution in [1.29, 1.82) is 0 Å². The van der Waals surface area contributed by atoms with Gasteiger partial charge in [-0.05, 0) is 35.7 Å². The van der Waals surface area contributed by atoms with Crippen molar-refractivity contribution >= 4 is 56.7 Å². The van der Waals surface area contributed by atoms with E-state index in [-0.39, 0.29) is 5.91 Å². The third-order valence-corrected chi connectivity index (χ3v) is 6.66. The van der Waals surface area contributed by atoms with Gasteiger partial charge in [-0.25, -0.2) is 0 Å². The van der Waals surface area contributed by atoms with Crippen molar-refractivity contribution < 1.29 is 14.3 Å². The minimum Gasteiger partial charge on any atom is -0.490 e. The van der Waals surface area contributed by atoms with Crippen LogP contribution in [0.3, 0.4) is 0 Å². The molecule has 1 heterocycles. The average molecular weight is 484 g/mol. The van der Waals surface area contributed by atoms with Crippen LogP contribution in [-0.2, 0) is 4.79 Å². The highest BCUT2D eigenvalue weighted by molar-refractivity contribution is 8.27. The zero-order valence-corrected chi connectivity index (χ0v) is 19.9. The van der Waals surface area contributed by atoms with Gasteiger partial charge in [0, 0.05) is 10.9 Å². The van der Waals surface area contributed by atoms with Gasteiger partial charge in [-0.1, -0.05) is 96.8 Å². The Bertz CT molecular complexity index is 1380. The van der Waals surface area contributed by atoms with Gasteiger partial charge in [0.25, 0.3) is 5.91 Å². The van der Waals surface area contributed by atoms with E-state index in [4.69, 9.17) is 21.7 Å². The number of hydrogen-bond acceptors (Lipinski definition) is 5. The summed E-state index contributed by atoms with van der Waals surface area (Å²) in [7, 11) is 0. The first-order valence-electron chi connectivity index (χ1n) is 10.9. The van der Waals surface area contributed by atoms with Gasteiger partial charge in [0.05, 0.1) is 10.6 Å². The van der Waals surface area contributed by atoms with Gasteiger partial charge in [0.1, 0.15) is 24.7 Å². The molecule has 0 unspecified atom stereocenters. The SMILES string of the molecule is O=C1/C(=C/c2ccccc2OCCOc2ccccc2)SC(=S)N1c1cccc2ccccc12. The van der Waals surface area contributed by atoms with Gasteiger partial charge in [0.15, 0.2) is 4.32 Å². The number of hydrogen-bond donors (Lipinski definition) is 0. The lowest BCUT2D eigenvalue weighted by molar-refractivity contribution is -0.113. The first kappa shape index (κ1) is 22.2. The first-order valence-corrected chi connectivity index (χ1v) is 12.1. The molecule has 0 atom stereocenters. The van der Waals surface area contributed by atoms with Crippen molar-refractivity contribution in [3.63, 3.8) is 0 Å². The smallest absolute Gasteiger partial charge is 0.270 e. The van der Waals surface area contributed by atoms with Crippen molar-refractivity contribution in [2.45, 2.75) is 0 Å². The van der Waals surface area contributed by atoms with E-state index in [1.807, 2.05) is 103 Å². The van der Waals surface area contributed by atoms with E-state index in [9.17, 15) is 4.79 Å². The van der Waals surface area contributed by atoms with E-state index in [1.54, 1.807) is 4.90 Å². The fourth-order valence-corrected chi connectivity index (χ4v) is 5.05. The number of benzene rings is 4. The Labute approximate surface area is 207 Å². The Morgan fingerprint density at radius 3 is 2.38 bits per heavy atom. The van der Waals surface area contributed by atoms with Gasteiger partial charge < -0.3 is 9.47 Å². The van der Waals surface area contributed by atoms with Crippen LogP contribution in [0.25, 0.3) is 16.8 Å². The monoisotopic (exact) mass is 483 g/mol. The highest BCUT2D eigenvalue weighted by Gasteiger charge is 2.34. The number of carbonyl (C=O) groups excluding carboxylic acids is 1. The zero-order chi connectivity index (χ0) is 23.3. The summed E-state index contributed by atoms with van der Waals surface area (Å²) in [4.78, 5) is 15.6. The number of ether oxygens (including phenoxy) is 2. The molecule has 0 aliphatic carbocycles. The Kier molecular flexibility index (Phi) is 6.60. The number of anilines is 1. The molecule has 0 saturated carbocycles. The Balaban J connectivity index is 1.34. The molecule has 0 aromatic heterocycles. The molecule has 0 bridgehead atoms. The first-order chi connectivity index (χ1) is 16.7. The van der Waals surface area contributed by atoms with Crippen LogP contribution in [0, 0.1) is 0 Å². The summed E-state index contributed by atoms with van der Waals surface area (Å²) >= 11 is 6.90. The normalized spacial score (nSPS) is 14.7. The predicted octanol–water partition coefficient (Wildman–Crippen LogP) is 6.70. The third-order valence-electron chi connectivity index (χ3n) is 5.36. The fourth-order valence-electron chi connectivity index (χ4n) is 3.78. The quantitative estimate of drug-likeness (QED) is 0.166. The van der Waals surface area contributed by atoms with Crippen LogP contribution in [0.1, 0.15) is 5.56 Å². The van der Waals surface area contributed by atoms with Crippen LogP contribution in [0.15, 0.2) is 102 Å². The average Bonchev–Trinajstić information content (AvgIpc) is 3.15. The summed E-state index contributed by atoms with van der Waals surface area (Å²) < 4.78 is 12.2. The molecule has 168 valence electrons. The molecule has 1 fully saturated rings. The van der Waals surface area contributed by atoms with Gasteiger partial charge >= 0.3 is 0 Å². The Morgan fingerprint density at radius 1 is 0.794 bits per heavy atom. The Hall–Kier alpha value is -3.61. The minimum absolute atomic E-state index is 0.131. The van der Waals surface area contributed by atoms with E-state index >= 15 is 0 Å². The molecular formula is C28H21NO3S2. The van der Waals surface area contributed by atoms with Gasteiger partial charge in [-0.2, -0.15) is 0 Å². The summed E-state index contributed by atoms with van der Waals surface area (Å²) in [5.41, 5.74) is 1.62. The summed E-state index contributed by atoms with van der Waals surface area (Å²) in [6.45, 7) is 0.804. The third kappa shape index (κ3) is 4.69. The number of rotatable bonds is 7. The number of nitrogens with zero attached hydrogens (tertiary/aromatic N) is 1. The number of para-hydroxylation sites is 2. The predicted molar refractivity (Wildman–Crippen MR) is 143 cm³/mol. The molecule has 4 aromatic rings. The maximum Gasteiger partial charge on any atom is 0.270 e. The van der Waals surface area contributed by atoms with E-state index in [2.05, 4.69) is 0 Å². The fraction of sp³-hybridized carbons (Fsp3) is 0.0714. The van der Waals surface area contributed by atoms with Gasteiger partial charge in [-0.15, -0.1) is 0 Å². The van der Waals surface area contributed by atoms with Crippen molar-refractivity contribution in [2.75, 3.05) is 18.1 Å². The van der Waals surface area contributed by atoms with Crippen molar-refractivity contribution in [2.24, 2.45) is 0 Å². The Morgan fingerprint density at radius 2 is 1.50 bits per heavy atom. The second-order valence-electron chi connectivity index (χ2n) is 7.56. The van der Waals surface area contributed by atoms with E-state index < -0.39 is 0 Å². The maximum absolute atomic E-state index is 13.4. The lowest BCUT2D eigenvalue weighted by Gasteiger charge is -2.17. The lowest BCUT2D eigenvalue weighted by Crippen LogP contribution is -2.27. The molecule has 4 aromatic carbocycles. The summed E-state index contributed by atoms with van der Waals surface area (Å²) in [5, 5.41) is 2.05. The van der Waals surface area contributed by atoms with Crippen molar-refractivity contribution in [1.82, 2.24) is 0 Å². The number of thioether (sulfide) groups is 1. The lowest BCUT2D eigenvalue weighted by atomic mass is 10.1. The summed E-state index contributed by atoms with van der Waals surface area (Å²) in [6, 6.07) is 31.2. The molecule has 5 rings (SSSR count). The van der Waals surface area contributed by atoms with E-state index in [1.165, 1.54) is 11.8 Å². The molecule has 0 spiro atoms. The zero-order valence-electron chi connectivity index (χ0n) is 18.2. The van der Waals surface area contributed by atoms with Crippen molar-refractivity contribution in [3.8, 4) is 11.5 Å². The number of fused-ring (bicyclic) bond motifs is 1. The number of amides is 1. The molecule has 4 nitrogen and oxygen atoms in total. The molecule has 6 heteroatoms. The molecule has 1 amide bonds. The highest BCUT2D eigenvalue weighted by atomic mass is 32.2. The standard InChI is InChI=1S/C28H21NO3S2/c30-27-26(34-28(33)29(27)24-15-8-11-20-9-4-6-14-23(20)24)19-21-10-5-7-16-25(21)32-18-17-31-22-12-2-1-3-13-22/h1-16,19H,17-18H2/b26-19-. The molecule has 1 saturated heterocycles. The van der Waals surface area contributed by atoms with Crippen LogP contribution in [0.2, 0.25) is 0 Å². The van der Waals surface area contributed by atoms with Crippen LogP contribution in [-0.4, -0.2) is 23.4 Å². The molecule has 34 heavy (non-hydrogen) atoms. The molecular weight excluding hydrogens is 462 g/mol. The highest BCUT2D eigenvalue weighted by Crippen LogP contribution is 2.39. The van der Waals surface area contributed by atoms with Crippen LogP contribution < -0.4 is 14.4 Å². The molecule has 0 radical (unpaired) electrons. The summed E-state index contributed by atoms with van der Waals surface area (Å²) in [6.07, 6.45) is 1.85. The minimum atomic E-state index is -0.131. The van der Waals surface area contributed by atoms with Gasteiger partial charge in [-0.3, -0.25) is 9.69 Å². The number of thiocarbonyl (C=S) groups is 1. The van der Waals surface area contributed by atoms with Crippen molar-refractivity contribution in [3.05, 3.63) is 108 Å². The second-order valence-corrected chi connectivity index (χ2v) is 9.24. The van der Waals surface area contributed by atoms with E-state index in [0.717, 1.165) is 27.8 Å². The topological polar surface area (TPSA) is 38.8 Å².